The van der Waals surface area contributed by atoms with Crippen LogP contribution in [0, 0.1) is 23.2 Å². The van der Waals surface area contributed by atoms with E-state index in [0.29, 0.717) is 11.8 Å². The van der Waals surface area contributed by atoms with Crippen LogP contribution < -0.4 is 0 Å². The molecule has 0 aromatic carbocycles. The molecule has 0 aromatic heterocycles. The lowest BCUT2D eigenvalue weighted by Crippen LogP contribution is -2.37. The number of allylic oxidation sites excluding steroid dienone is 2. The van der Waals surface area contributed by atoms with Gasteiger partial charge in [0, 0.05) is 12.5 Å². The van der Waals surface area contributed by atoms with E-state index in [1.807, 2.05) is 0 Å². The van der Waals surface area contributed by atoms with Crippen LogP contribution in [0.4, 0.5) is 0 Å². The Kier molecular flexibility index (Phi) is 4.88. The van der Waals surface area contributed by atoms with Gasteiger partial charge in [0.1, 0.15) is 5.76 Å². The van der Waals surface area contributed by atoms with Crippen LogP contribution in [-0.4, -0.2) is 17.5 Å². The van der Waals surface area contributed by atoms with Gasteiger partial charge in [0.25, 0.3) is 0 Å². The second-order valence-electron chi connectivity index (χ2n) is 7.48. The molecule has 3 unspecified atom stereocenters. The Bertz CT molecular complexity index is 515. The molecular formula is C18H26O4. The van der Waals surface area contributed by atoms with Crippen molar-refractivity contribution < 1.29 is 19.1 Å². The number of cyclic esters (lactones) is 1. The van der Waals surface area contributed by atoms with Gasteiger partial charge >= 0.3 is 5.97 Å². The van der Waals surface area contributed by atoms with Crippen LogP contribution in [0.3, 0.4) is 0 Å². The standard InChI is InChI=1S/C18H26O4/c1-11-6-5-9-18(3,4)13(11)7-8-14(19)16-15(20)10-12(2)22-17(16)21/h10-11,13,16H,5-9H2,1-4H3. The highest BCUT2D eigenvalue weighted by atomic mass is 16.5. The maximum absolute atomic E-state index is 12.3. The summed E-state index contributed by atoms with van der Waals surface area (Å²) in [6.07, 6.45) is 5.86. The summed E-state index contributed by atoms with van der Waals surface area (Å²) in [7, 11) is 0. The number of hydrogen-bond acceptors (Lipinski definition) is 4. The lowest BCUT2D eigenvalue weighted by Gasteiger charge is -2.43. The van der Waals surface area contributed by atoms with Gasteiger partial charge in [-0.15, -0.1) is 0 Å². The predicted octanol–water partition coefficient (Wildman–Crippen LogP) is 3.44. The highest BCUT2D eigenvalue weighted by Crippen LogP contribution is 2.46. The molecule has 0 N–H and O–H groups in total. The maximum Gasteiger partial charge on any atom is 0.329 e. The first-order valence-electron chi connectivity index (χ1n) is 8.19. The fraction of sp³-hybridized carbons (Fsp3) is 0.722. The first kappa shape index (κ1) is 16.9. The van der Waals surface area contributed by atoms with E-state index < -0.39 is 17.7 Å². The normalized spacial score (nSPS) is 31.5. The van der Waals surface area contributed by atoms with Crippen LogP contribution in [0.5, 0.6) is 0 Å². The second kappa shape index (κ2) is 6.35. The Labute approximate surface area is 132 Å². The van der Waals surface area contributed by atoms with Crippen LogP contribution in [0.2, 0.25) is 0 Å². The van der Waals surface area contributed by atoms with Crippen molar-refractivity contribution in [3.8, 4) is 0 Å². The second-order valence-corrected chi connectivity index (χ2v) is 7.48. The largest absolute Gasteiger partial charge is 0.430 e. The number of esters is 1. The minimum Gasteiger partial charge on any atom is -0.430 e. The van der Waals surface area contributed by atoms with Crippen LogP contribution in [0.15, 0.2) is 11.8 Å². The van der Waals surface area contributed by atoms with E-state index in [1.165, 1.54) is 25.3 Å². The average molecular weight is 306 g/mol. The number of ketones is 2. The van der Waals surface area contributed by atoms with Gasteiger partial charge in [-0.1, -0.05) is 33.6 Å². The highest BCUT2D eigenvalue weighted by molar-refractivity contribution is 6.21. The highest BCUT2D eigenvalue weighted by Gasteiger charge is 2.40. The molecule has 1 aliphatic carbocycles. The Morgan fingerprint density at radius 3 is 2.64 bits per heavy atom. The van der Waals surface area contributed by atoms with E-state index in [2.05, 4.69) is 20.8 Å². The van der Waals surface area contributed by atoms with Gasteiger partial charge in [0.05, 0.1) is 0 Å². The zero-order valence-electron chi connectivity index (χ0n) is 14.0. The molecule has 122 valence electrons. The summed E-state index contributed by atoms with van der Waals surface area (Å²) in [4.78, 5) is 36.0. The molecule has 4 heteroatoms. The molecule has 0 saturated heterocycles. The predicted molar refractivity (Wildman–Crippen MR) is 82.9 cm³/mol. The molecule has 1 aliphatic heterocycles. The van der Waals surface area contributed by atoms with Gasteiger partial charge in [-0.05, 0) is 37.0 Å². The van der Waals surface area contributed by atoms with E-state index in [4.69, 9.17) is 4.74 Å². The lowest BCUT2D eigenvalue weighted by atomic mass is 9.62. The van der Waals surface area contributed by atoms with Crippen molar-refractivity contribution in [3.63, 3.8) is 0 Å². The molecule has 22 heavy (non-hydrogen) atoms. The topological polar surface area (TPSA) is 60.4 Å². The Hall–Kier alpha value is -1.45. The summed E-state index contributed by atoms with van der Waals surface area (Å²) in [5, 5.41) is 0. The number of carbonyl (C=O) groups is 3. The van der Waals surface area contributed by atoms with Crippen LogP contribution in [-0.2, 0) is 19.1 Å². The molecule has 0 spiro atoms. The Morgan fingerprint density at radius 1 is 1.36 bits per heavy atom. The van der Waals surface area contributed by atoms with Gasteiger partial charge in [0.15, 0.2) is 17.5 Å². The summed E-state index contributed by atoms with van der Waals surface area (Å²) < 4.78 is 4.92. The third-order valence-corrected chi connectivity index (χ3v) is 5.32. The molecule has 2 rings (SSSR count). The van der Waals surface area contributed by atoms with E-state index >= 15 is 0 Å². The van der Waals surface area contributed by atoms with Gasteiger partial charge in [-0.2, -0.15) is 0 Å². The van der Waals surface area contributed by atoms with Crippen molar-refractivity contribution in [1.29, 1.82) is 0 Å². The third-order valence-electron chi connectivity index (χ3n) is 5.32. The first-order chi connectivity index (χ1) is 10.2. The molecule has 0 amide bonds. The molecule has 0 aromatic rings. The summed E-state index contributed by atoms with van der Waals surface area (Å²) in [6.45, 7) is 8.29. The van der Waals surface area contributed by atoms with Crippen molar-refractivity contribution >= 4 is 17.5 Å². The zero-order chi connectivity index (χ0) is 16.5. The fourth-order valence-corrected chi connectivity index (χ4v) is 4.09. The summed E-state index contributed by atoms with van der Waals surface area (Å²) in [5.74, 6) is -1.40. The van der Waals surface area contributed by atoms with Crippen LogP contribution in [0.1, 0.15) is 59.8 Å². The van der Waals surface area contributed by atoms with Crippen molar-refractivity contribution in [1.82, 2.24) is 0 Å². The number of carbonyl (C=O) groups excluding carboxylic acids is 3. The monoisotopic (exact) mass is 306 g/mol. The lowest BCUT2D eigenvalue weighted by molar-refractivity contribution is -0.153. The molecule has 2 aliphatic rings. The van der Waals surface area contributed by atoms with Gasteiger partial charge in [-0.25, -0.2) is 0 Å². The quantitative estimate of drug-likeness (QED) is 0.589. The first-order valence-corrected chi connectivity index (χ1v) is 8.19. The molecule has 1 fully saturated rings. The number of Topliss-reactive ketones (excluding diaryl/α,β-unsaturated/α-hetero) is 1. The smallest absolute Gasteiger partial charge is 0.329 e. The van der Waals surface area contributed by atoms with Crippen molar-refractivity contribution in [3.05, 3.63) is 11.8 Å². The van der Waals surface area contributed by atoms with Gasteiger partial charge in [-0.3, -0.25) is 14.4 Å². The fourth-order valence-electron chi connectivity index (χ4n) is 4.09. The van der Waals surface area contributed by atoms with Gasteiger partial charge < -0.3 is 4.74 Å². The molecule has 1 heterocycles. The third kappa shape index (κ3) is 3.47. The summed E-state index contributed by atoms with van der Waals surface area (Å²) >= 11 is 0. The molecule has 0 bridgehead atoms. The maximum atomic E-state index is 12.3. The van der Waals surface area contributed by atoms with Crippen molar-refractivity contribution in [2.45, 2.75) is 59.8 Å². The number of hydrogen-bond donors (Lipinski definition) is 0. The van der Waals surface area contributed by atoms with E-state index in [1.54, 1.807) is 6.92 Å². The van der Waals surface area contributed by atoms with Crippen LogP contribution in [0.25, 0.3) is 0 Å². The summed E-state index contributed by atoms with van der Waals surface area (Å²) in [5.41, 5.74) is 0.214. The average Bonchev–Trinajstić information content (AvgIpc) is 2.35. The van der Waals surface area contributed by atoms with Crippen molar-refractivity contribution in [2.75, 3.05) is 0 Å². The SMILES string of the molecule is CC1=CC(=O)C(C(=O)CCC2C(C)CCCC2(C)C)C(=O)O1. The zero-order valence-corrected chi connectivity index (χ0v) is 14.0. The molecular weight excluding hydrogens is 280 g/mol. The minimum atomic E-state index is -1.24. The van der Waals surface area contributed by atoms with E-state index in [0.717, 1.165) is 6.42 Å². The summed E-state index contributed by atoms with van der Waals surface area (Å²) in [6, 6.07) is 0. The Morgan fingerprint density at radius 2 is 2.05 bits per heavy atom. The van der Waals surface area contributed by atoms with Gasteiger partial charge in [0.2, 0.25) is 0 Å². The minimum absolute atomic E-state index is 0.214. The van der Waals surface area contributed by atoms with Crippen molar-refractivity contribution in [2.24, 2.45) is 23.2 Å². The van der Waals surface area contributed by atoms with E-state index in [9.17, 15) is 14.4 Å². The van der Waals surface area contributed by atoms with E-state index in [-0.39, 0.29) is 23.4 Å². The molecule has 1 saturated carbocycles. The number of rotatable bonds is 4. The number of ether oxygens (including phenoxy) is 1. The van der Waals surface area contributed by atoms with Crippen LogP contribution >= 0.6 is 0 Å². The molecule has 3 atom stereocenters. The molecule has 0 radical (unpaired) electrons. The Balaban J connectivity index is 2.00. The molecule has 4 nitrogen and oxygen atoms in total.